The minimum Gasteiger partial charge on any atom is -0.550 e. The molecule has 0 aromatic carbocycles. The van der Waals surface area contributed by atoms with Gasteiger partial charge in [0.15, 0.2) is 6.10 Å². The van der Waals surface area contributed by atoms with Crippen LogP contribution in [0.15, 0.2) is 12.2 Å². The van der Waals surface area contributed by atoms with Crippen molar-refractivity contribution in [1.29, 1.82) is 0 Å². The Balaban J connectivity index is 4.18. The van der Waals surface area contributed by atoms with E-state index in [-0.39, 0.29) is 12.8 Å². The molecule has 0 unspecified atom stereocenters. The summed E-state index contributed by atoms with van der Waals surface area (Å²) in [5.41, 5.74) is 0. The number of aliphatic carboxylic acids is 1. The SMILES string of the molecule is CCCCCC/C=C\C[C@H](O)CC(=O)O[C@H](CC(=O)[O-])C[N+](C)(C)C. The lowest BCUT2D eigenvalue weighted by atomic mass is 10.1. The van der Waals surface area contributed by atoms with Crippen molar-refractivity contribution < 1.29 is 29.0 Å². The van der Waals surface area contributed by atoms with Crippen LogP contribution in [-0.4, -0.2) is 61.4 Å². The highest BCUT2D eigenvalue weighted by molar-refractivity contribution is 5.71. The average molecular weight is 357 g/mol. The molecule has 0 amide bonds. The number of likely N-dealkylation sites (N-methyl/N-ethyl adjacent to an activating group) is 1. The molecule has 0 aliphatic carbocycles. The molecule has 2 atom stereocenters. The number of carboxylic acids is 1. The molecular formula is C19H35NO5. The van der Waals surface area contributed by atoms with E-state index >= 15 is 0 Å². The zero-order valence-electron chi connectivity index (χ0n) is 16.2. The number of quaternary nitrogens is 1. The summed E-state index contributed by atoms with van der Waals surface area (Å²) >= 11 is 0. The van der Waals surface area contributed by atoms with Gasteiger partial charge in [-0.25, -0.2) is 0 Å². The molecule has 0 heterocycles. The summed E-state index contributed by atoms with van der Waals surface area (Å²) in [4.78, 5) is 22.7. The number of aliphatic hydroxyl groups excluding tert-OH is 1. The van der Waals surface area contributed by atoms with Crippen LogP contribution in [0.4, 0.5) is 0 Å². The van der Waals surface area contributed by atoms with Crippen molar-refractivity contribution in [3.63, 3.8) is 0 Å². The van der Waals surface area contributed by atoms with Gasteiger partial charge in [0.1, 0.15) is 6.54 Å². The first-order valence-corrected chi connectivity index (χ1v) is 9.17. The fraction of sp³-hybridized carbons (Fsp3) is 0.789. The predicted octanol–water partition coefficient (Wildman–Crippen LogP) is 1.41. The number of allylic oxidation sites excluding steroid dienone is 1. The second kappa shape index (κ2) is 12.9. The molecular weight excluding hydrogens is 322 g/mol. The van der Waals surface area contributed by atoms with E-state index in [0.29, 0.717) is 17.4 Å². The van der Waals surface area contributed by atoms with Gasteiger partial charge in [0.05, 0.1) is 33.7 Å². The van der Waals surface area contributed by atoms with E-state index in [1.165, 1.54) is 19.3 Å². The minimum atomic E-state index is -1.25. The van der Waals surface area contributed by atoms with Crippen LogP contribution in [-0.2, 0) is 14.3 Å². The van der Waals surface area contributed by atoms with Gasteiger partial charge in [0.25, 0.3) is 0 Å². The van der Waals surface area contributed by atoms with Crippen LogP contribution in [0.5, 0.6) is 0 Å². The Morgan fingerprint density at radius 3 is 2.36 bits per heavy atom. The Labute approximate surface area is 152 Å². The Hall–Kier alpha value is -1.40. The summed E-state index contributed by atoms with van der Waals surface area (Å²) < 4.78 is 5.69. The molecule has 0 rings (SSSR count). The van der Waals surface area contributed by atoms with Gasteiger partial charge in [-0.1, -0.05) is 38.3 Å². The molecule has 1 N–H and O–H groups in total. The molecule has 0 fully saturated rings. The second-order valence-electron chi connectivity index (χ2n) is 7.58. The number of carboxylic acid groups (broad SMARTS) is 1. The van der Waals surface area contributed by atoms with Crippen molar-refractivity contribution in [3.8, 4) is 0 Å². The minimum absolute atomic E-state index is 0.138. The Morgan fingerprint density at radius 1 is 1.12 bits per heavy atom. The van der Waals surface area contributed by atoms with Crippen molar-refractivity contribution in [1.82, 2.24) is 0 Å². The summed E-state index contributed by atoms with van der Waals surface area (Å²) in [7, 11) is 5.66. The molecule has 0 radical (unpaired) electrons. The molecule has 146 valence electrons. The molecule has 0 spiro atoms. The highest BCUT2D eigenvalue weighted by atomic mass is 16.5. The van der Waals surface area contributed by atoms with Gasteiger partial charge < -0.3 is 24.2 Å². The molecule has 0 aliphatic heterocycles. The fourth-order valence-corrected chi connectivity index (χ4v) is 2.51. The smallest absolute Gasteiger partial charge is 0.308 e. The number of ether oxygens (including phenoxy) is 1. The Kier molecular flexibility index (Phi) is 12.2. The van der Waals surface area contributed by atoms with Gasteiger partial charge >= 0.3 is 5.97 Å². The van der Waals surface area contributed by atoms with Gasteiger partial charge in [0, 0.05) is 12.4 Å². The Bertz CT molecular complexity index is 415. The third kappa shape index (κ3) is 15.8. The number of carbonyl (C=O) groups is 2. The molecule has 0 saturated heterocycles. The molecule has 0 saturated carbocycles. The molecule has 0 bridgehead atoms. The molecule has 6 nitrogen and oxygen atoms in total. The van der Waals surface area contributed by atoms with Crippen molar-refractivity contribution in [3.05, 3.63) is 12.2 Å². The van der Waals surface area contributed by atoms with Crippen LogP contribution in [0.1, 0.15) is 58.3 Å². The molecule has 0 aromatic rings. The van der Waals surface area contributed by atoms with Crippen molar-refractivity contribution in [2.24, 2.45) is 0 Å². The van der Waals surface area contributed by atoms with E-state index in [1.54, 1.807) is 0 Å². The number of esters is 1. The number of hydrogen-bond acceptors (Lipinski definition) is 5. The molecule has 0 aliphatic rings. The van der Waals surface area contributed by atoms with E-state index in [0.717, 1.165) is 12.8 Å². The summed E-state index contributed by atoms with van der Waals surface area (Å²) in [6.45, 7) is 2.54. The standard InChI is InChI=1S/C19H35NO5/c1-5-6-7-8-9-10-11-12-16(21)13-19(24)25-17(14-18(22)23)15-20(2,3)4/h10-11,16-17,21H,5-9,12-15H2,1-4H3/b11-10-/t16-,17+/m0/s1. The fourth-order valence-electron chi connectivity index (χ4n) is 2.51. The molecule has 0 aromatic heterocycles. The predicted molar refractivity (Wildman–Crippen MR) is 95.5 cm³/mol. The van der Waals surface area contributed by atoms with Crippen LogP contribution in [0, 0.1) is 0 Å². The first-order chi connectivity index (χ1) is 11.6. The normalized spacial score (nSPS) is 14.4. The molecule has 25 heavy (non-hydrogen) atoms. The van der Waals surface area contributed by atoms with Crippen molar-refractivity contribution >= 4 is 11.9 Å². The zero-order valence-corrected chi connectivity index (χ0v) is 16.2. The lowest BCUT2D eigenvalue weighted by Gasteiger charge is -2.29. The zero-order chi connectivity index (χ0) is 19.3. The molecule has 6 heteroatoms. The maximum absolute atomic E-state index is 11.9. The first-order valence-electron chi connectivity index (χ1n) is 9.17. The van der Waals surface area contributed by atoms with E-state index in [2.05, 4.69) is 6.92 Å². The van der Waals surface area contributed by atoms with Crippen LogP contribution in [0.25, 0.3) is 0 Å². The largest absolute Gasteiger partial charge is 0.550 e. The quantitative estimate of drug-likeness (QED) is 0.220. The average Bonchev–Trinajstić information content (AvgIpc) is 2.43. The van der Waals surface area contributed by atoms with Gasteiger partial charge in [-0.3, -0.25) is 4.79 Å². The third-order valence-corrected chi connectivity index (χ3v) is 3.65. The summed E-state index contributed by atoms with van der Waals surface area (Å²) in [6, 6.07) is 0. The lowest BCUT2D eigenvalue weighted by Crippen LogP contribution is -2.45. The van der Waals surface area contributed by atoms with E-state index in [9.17, 15) is 19.8 Å². The third-order valence-electron chi connectivity index (χ3n) is 3.65. The number of unbranched alkanes of at least 4 members (excludes halogenated alkanes) is 4. The monoisotopic (exact) mass is 357 g/mol. The van der Waals surface area contributed by atoms with E-state index in [1.807, 2.05) is 33.3 Å². The van der Waals surface area contributed by atoms with Gasteiger partial charge in [-0.2, -0.15) is 0 Å². The number of carbonyl (C=O) groups excluding carboxylic acids is 2. The van der Waals surface area contributed by atoms with E-state index < -0.39 is 24.1 Å². The highest BCUT2D eigenvalue weighted by Crippen LogP contribution is 2.09. The highest BCUT2D eigenvalue weighted by Gasteiger charge is 2.23. The number of aliphatic hydroxyl groups is 1. The number of nitrogens with zero attached hydrogens (tertiary/aromatic N) is 1. The van der Waals surface area contributed by atoms with Gasteiger partial charge in [0.2, 0.25) is 0 Å². The lowest BCUT2D eigenvalue weighted by molar-refractivity contribution is -0.873. The van der Waals surface area contributed by atoms with Gasteiger partial charge in [-0.15, -0.1) is 0 Å². The summed E-state index contributed by atoms with van der Waals surface area (Å²) in [5.74, 6) is -1.83. The van der Waals surface area contributed by atoms with Crippen molar-refractivity contribution in [2.45, 2.75) is 70.5 Å². The summed E-state index contributed by atoms with van der Waals surface area (Å²) in [5, 5.41) is 20.7. The number of rotatable bonds is 14. The van der Waals surface area contributed by atoms with E-state index in [4.69, 9.17) is 4.74 Å². The number of hydrogen-bond donors (Lipinski definition) is 1. The Morgan fingerprint density at radius 2 is 1.80 bits per heavy atom. The van der Waals surface area contributed by atoms with Gasteiger partial charge in [-0.05, 0) is 19.3 Å². The van der Waals surface area contributed by atoms with Crippen LogP contribution >= 0.6 is 0 Å². The van der Waals surface area contributed by atoms with Crippen LogP contribution in [0.2, 0.25) is 0 Å². The van der Waals surface area contributed by atoms with Crippen molar-refractivity contribution in [2.75, 3.05) is 27.7 Å². The maximum Gasteiger partial charge on any atom is 0.308 e. The topological polar surface area (TPSA) is 86.7 Å². The van der Waals surface area contributed by atoms with Crippen LogP contribution in [0.3, 0.4) is 0 Å². The second-order valence-corrected chi connectivity index (χ2v) is 7.58. The first kappa shape index (κ1) is 23.6. The maximum atomic E-state index is 11.9. The summed E-state index contributed by atoms with van der Waals surface area (Å²) in [6.07, 6.45) is 8.04. The van der Waals surface area contributed by atoms with Crippen LogP contribution < -0.4 is 5.11 Å².